The maximum Gasteiger partial charge on any atom is 0.173 e. The number of hydrogen-bond donors (Lipinski definition) is 0. The van der Waals surface area contributed by atoms with Crippen LogP contribution in [0.3, 0.4) is 0 Å². The van der Waals surface area contributed by atoms with Crippen molar-refractivity contribution in [1.82, 2.24) is 0 Å². The minimum atomic E-state index is -2.14. The van der Waals surface area contributed by atoms with Crippen LogP contribution in [0.25, 0.3) is 0 Å². The summed E-state index contributed by atoms with van der Waals surface area (Å²) in [4.78, 5) is -6.86. The second-order valence-corrected chi connectivity index (χ2v) is 15.9. The molecule has 0 saturated heterocycles. The van der Waals surface area contributed by atoms with Gasteiger partial charge in [0.2, 0.25) is 0 Å². The molecule has 0 nitrogen and oxygen atoms in total. The molecule has 0 aromatic rings. The summed E-state index contributed by atoms with van der Waals surface area (Å²) in [6, 6.07) is 0. The Kier molecular flexibility index (Phi) is 5.29. The third kappa shape index (κ3) is 2.07. The van der Waals surface area contributed by atoms with Crippen LogP contribution in [0.15, 0.2) is 24.3 Å². The van der Waals surface area contributed by atoms with Gasteiger partial charge in [-0.15, -0.1) is 92.8 Å². The molecule has 8 atom stereocenters. The number of rotatable bonds is 0. The molecule has 0 N–H and O–H groups in total. The van der Waals surface area contributed by atoms with E-state index < -0.39 is 60.5 Å². The van der Waals surface area contributed by atoms with Gasteiger partial charge in [-0.25, -0.2) is 0 Å². The maximum atomic E-state index is 7.40. The lowest BCUT2D eigenvalue weighted by Gasteiger charge is -2.67. The van der Waals surface area contributed by atoms with E-state index in [4.69, 9.17) is 139 Å². The lowest BCUT2D eigenvalue weighted by Crippen LogP contribution is -2.84. The van der Waals surface area contributed by atoms with Crippen LogP contribution in [0.1, 0.15) is 12.8 Å². The van der Waals surface area contributed by atoms with Gasteiger partial charge in [-0.05, 0) is 12.8 Å². The second kappa shape index (κ2) is 6.44. The van der Waals surface area contributed by atoms with Gasteiger partial charge in [0.1, 0.15) is 14.6 Å². The zero-order valence-electron chi connectivity index (χ0n) is 14.6. The SMILES string of the molecule is ClC1C(Cl)C(Cl)C2(Cl)C3(Cl)C=CC=CC3(Cl)C34CC3(C4)C(Cl)(Cl)C(Cl)(Cl)C2(Cl)C1Cl. The Hall–Kier alpha value is 2.96. The molecular weight excluding hydrogens is 642 g/mol. The van der Waals surface area contributed by atoms with Gasteiger partial charge >= 0.3 is 0 Å². The number of fused-ring (bicyclic) bond motifs is 3. The predicted molar refractivity (Wildman–Crippen MR) is 134 cm³/mol. The summed E-state index contributed by atoms with van der Waals surface area (Å²) < 4.78 is -3.93. The maximum absolute atomic E-state index is 7.40. The third-order valence-corrected chi connectivity index (χ3v) is 17.3. The Morgan fingerprint density at radius 3 is 1.47 bits per heavy atom. The fourth-order valence-electron chi connectivity index (χ4n) is 6.09. The molecule has 0 aromatic carbocycles. The molecule has 30 heavy (non-hydrogen) atoms. The summed E-state index contributed by atoms with van der Waals surface area (Å²) in [6.07, 6.45) is 7.98. The summed E-state index contributed by atoms with van der Waals surface area (Å²) in [6.45, 7) is 0. The summed E-state index contributed by atoms with van der Waals surface area (Å²) >= 11 is 84.1. The molecule has 4 fully saturated rings. The smallest absolute Gasteiger partial charge is 0.120 e. The van der Waals surface area contributed by atoms with Gasteiger partial charge in [-0.3, -0.25) is 0 Å². The molecule has 0 aliphatic heterocycles. The van der Waals surface area contributed by atoms with Gasteiger partial charge in [-0.2, -0.15) is 0 Å². The number of halogens is 12. The Bertz CT molecular complexity index is 892. The number of hydrogen-bond acceptors (Lipinski definition) is 0. The van der Waals surface area contributed by atoms with Crippen LogP contribution >= 0.6 is 139 Å². The summed E-state index contributed by atoms with van der Waals surface area (Å²) in [5, 5.41) is -4.31. The fraction of sp³-hybridized carbons (Fsp3) is 0.778. The quantitative estimate of drug-likeness (QED) is 0.230. The molecule has 0 bridgehead atoms. The van der Waals surface area contributed by atoms with E-state index in [1.807, 2.05) is 0 Å². The lowest BCUT2D eigenvalue weighted by atomic mass is 9.60. The highest BCUT2D eigenvalue weighted by molar-refractivity contribution is 6.68. The third-order valence-electron chi connectivity index (χ3n) is 8.00. The highest BCUT2D eigenvalue weighted by Gasteiger charge is 3.03. The zero-order valence-corrected chi connectivity index (χ0v) is 23.6. The molecule has 0 spiro atoms. The molecule has 0 heterocycles. The molecule has 5 aliphatic carbocycles. The van der Waals surface area contributed by atoms with Crippen molar-refractivity contribution < 1.29 is 0 Å². The fourth-order valence-corrected chi connectivity index (χ4v) is 12.8. The first-order valence-electron chi connectivity index (χ1n) is 8.95. The van der Waals surface area contributed by atoms with Gasteiger partial charge in [-0.1, -0.05) is 70.7 Å². The van der Waals surface area contributed by atoms with E-state index in [2.05, 4.69) is 0 Å². The van der Waals surface area contributed by atoms with Crippen LogP contribution < -0.4 is 0 Å². The predicted octanol–water partition coefficient (Wildman–Crippen LogP) is 8.61. The van der Waals surface area contributed by atoms with Gasteiger partial charge in [0.25, 0.3) is 0 Å². The van der Waals surface area contributed by atoms with Crippen LogP contribution in [-0.4, -0.2) is 49.7 Å². The van der Waals surface area contributed by atoms with Gasteiger partial charge in [0.15, 0.2) is 8.67 Å². The van der Waals surface area contributed by atoms with Crippen molar-refractivity contribution in [3.05, 3.63) is 24.3 Å². The Morgan fingerprint density at radius 2 is 0.967 bits per heavy atom. The molecule has 8 unspecified atom stereocenters. The van der Waals surface area contributed by atoms with Crippen molar-refractivity contribution in [2.24, 2.45) is 10.8 Å². The molecule has 0 radical (unpaired) electrons. The van der Waals surface area contributed by atoms with E-state index >= 15 is 0 Å². The van der Waals surface area contributed by atoms with Crippen LogP contribution in [0, 0.1) is 10.8 Å². The summed E-state index contributed by atoms with van der Waals surface area (Å²) in [5.41, 5.74) is -1.34. The molecule has 5 aliphatic rings. The van der Waals surface area contributed by atoms with E-state index in [-0.39, 0.29) is 0 Å². The largest absolute Gasteiger partial charge is 0.173 e. The van der Waals surface area contributed by atoms with E-state index in [0.717, 1.165) is 0 Å². The second-order valence-electron chi connectivity index (χ2n) is 8.92. The van der Waals surface area contributed by atoms with Gasteiger partial charge in [0.05, 0.1) is 26.4 Å². The van der Waals surface area contributed by atoms with Crippen molar-refractivity contribution in [2.45, 2.75) is 62.5 Å². The molecule has 0 aromatic heterocycles. The van der Waals surface area contributed by atoms with Crippen LogP contribution in [0.2, 0.25) is 0 Å². The Labute approximate surface area is 234 Å². The Balaban J connectivity index is 1.91. The summed E-state index contributed by atoms with van der Waals surface area (Å²) in [7, 11) is 0. The van der Waals surface area contributed by atoms with E-state index in [1.165, 1.54) is 0 Å². The van der Waals surface area contributed by atoms with E-state index in [1.54, 1.807) is 24.3 Å². The van der Waals surface area contributed by atoms with E-state index in [9.17, 15) is 0 Å². The molecule has 4 saturated carbocycles. The minimum Gasteiger partial charge on any atom is -0.120 e. The first-order chi connectivity index (χ1) is 13.5. The monoisotopic (exact) mass is 648 g/mol. The lowest BCUT2D eigenvalue weighted by molar-refractivity contribution is 0.193. The van der Waals surface area contributed by atoms with Crippen molar-refractivity contribution in [1.29, 1.82) is 0 Å². The highest BCUT2D eigenvalue weighted by atomic mass is 35.5. The first-order valence-corrected chi connectivity index (χ1v) is 13.7. The highest BCUT2D eigenvalue weighted by Crippen LogP contribution is 3.00. The van der Waals surface area contributed by atoms with Crippen molar-refractivity contribution in [3.63, 3.8) is 0 Å². The van der Waals surface area contributed by atoms with Crippen LogP contribution in [-0.2, 0) is 0 Å². The molecule has 12 heteroatoms. The zero-order chi connectivity index (χ0) is 22.6. The topological polar surface area (TPSA) is 0 Å². The van der Waals surface area contributed by atoms with Gasteiger partial charge in [0, 0.05) is 10.8 Å². The Morgan fingerprint density at radius 1 is 0.533 bits per heavy atom. The van der Waals surface area contributed by atoms with Crippen molar-refractivity contribution in [3.8, 4) is 0 Å². The summed E-state index contributed by atoms with van der Waals surface area (Å²) in [5.74, 6) is 0. The average Bonchev–Trinajstić information content (AvgIpc) is 3.53. The van der Waals surface area contributed by atoms with Crippen molar-refractivity contribution >= 4 is 139 Å². The van der Waals surface area contributed by atoms with Crippen LogP contribution in [0.5, 0.6) is 0 Å². The molecule has 0 amide bonds. The minimum absolute atomic E-state index is 0.527. The molecule has 5 rings (SSSR count). The standard InChI is InChI=1S/C18H12Cl12/c19-7-8(20)10(22)16(26)15(25,9(7)21)14(24)4-2-1-3-13(14,23)11-5-12(11,6-11)17(27,28)18(16,29)30/h1-4,7-10H,5-6H2. The van der Waals surface area contributed by atoms with E-state index in [0.29, 0.717) is 12.8 Å². The average molecular weight is 654 g/mol. The normalized spacial score (nSPS) is 64.1. The first kappa shape index (κ1) is 24.6. The number of alkyl halides is 12. The van der Waals surface area contributed by atoms with Crippen molar-refractivity contribution in [2.75, 3.05) is 0 Å². The molecule has 168 valence electrons. The van der Waals surface area contributed by atoms with Crippen LogP contribution in [0.4, 0.5) is 0 Å². The molecular formula is C18H12Cl12. The van der Waals surface area contributed by atoms with Gasteiger partial charge < -0.3 is 0 Å². The number of allylic oxidation sites excluding steroid dienone is 4.